The van der Waals surface area contributed by atoms with Gasteiger partial charge in [-0.2, -0.15) is 0 Å². The number of rotatable bonds is 4. The van der Waals surface area contributed by atoms with Crippen molar-refractivity contribution in [1.82, 2.24) is 0 Å². The highest BCUT2D eigenvalue weighted by Gasteiger charge is 2.23. The van der Waals surface area contributed by atoms with Gasteiger partial charge in [-0.05, 0) is 43.4 Å². The highest BCUT2D eigenvalue weighted by atomic mass is 35.5. The lowest BCUT2D eigenvalue weighted by molar-refractivity contribution is 0.435. The summed E-state index contributed by atoms with van der Waals surface area (Å²) in [5.74, 6) is 0.526. The van der Waals surface area contributed by atoms with Crippen molar-refractivity contribution in [1.29, 1.82) is 0 Å². The van der Waals surface area contributed by atoms with Crippen LogP contribution >= 0.6 is 23.2 Å². The van der Waals surface area contributed by atoms with Gasteiger partial charge in [0.1, 0.15) is 0 Å². The number of alkyl halides is 1. The van der Waals surface area contributed by atoms with Gasteiger partial charge >= 0.3 is 0 Å². The zero-order chi connectivity index (χ0) is 13.0. The van der Waals surface area contributed by atoms with Crippen LogP contribution in [0.2, 0.25) is 5.02 Å². The van der Waals surface area contributed by atoms with Gasteiger partial charge in [-0.3, -0.25) is 0 Å². The van der Waals surface area contributed by atoms with Crippen LogP contribution in [0.15, 0.2) is 18.2 Å². The summed E-state index contributed by atoms with van der Waals surface area (Å²) in [4.78, 5) is 2.49. The van der Waals surface area contributed by atoms with E-state index in [9.17, 15) is 0 Å². The van der Waals surface area contributed by atoms with Crippen LogP contribution < -0.4 is 4.90 Å². The fourth-order valence-electron chi connectivity index (χ4n) is 2.82. The molecule has 0 radical (unpaired) electrons. The molecule has 1 fully saturated rings. The normalized spacial score (nSPS) is 20.2. The van der Waals surface area contributed by atoms with E-state index < -0.39 is 0 Å². The number of benzene rings is 1. The minimum atomic E-state index is 0.526. The van der Waals surface area contributed by atoms with Gasteiger partial charge in [-0.1, -0.05) is 31.0 Å². The fraction of sp³-hybridized carbons (Fsp3) is 0.600. The van der Waals surface area contributed by atoms with E-state index in [1.165, 1.54) is 37.8 Å². The summed E-state index contributed by atoms with van der Waals surface area (Å²) in [6, 6.07) is 6.88. The van der Waals surface area contributed by atoms with Crippen LogP contribution in [0.1, 0.15) is 44.6 Å². The van der Waals surface area contributed by atoms with Crippen LogP contribution in [0.4, 0.5) is 5.69 Å². The lowest BCUT2D eigenvalue weighted by atomic mass is 9.97. The number of anilines is 1. The summed E-state index contributed by atoms with van der Waals surface area (Å²) in [6.45, 7) is 3.38. The number of hydrogen-bond acceptors (Lipinski definition) is 1. The lowest BCUT2D eigenvalue weighted by Gasteiger charge is -2.38. The van der Waals surface area contributed by atoms with Gasteiger partial charge in [-0.15, -0.1) is 11.6 Å². The van der Waals surface area contributed by atoms with Gasteiger partial charge in [0.05, 0.1) is 10.7 Å². The molecular formula is C15H21Cl2N. The highest BCUT2D eigenvalue weighted by molar-refractivity contribution is 6.33. The standard InChI is InChI=1S/C15H21Cl2N/c1-2-5-13-6-3-4-9-18(13)15-8-7-12(11-16)10-14(15)17/h7-8,10,13H,2-6,9,11H2,1H3. The zero-order valence-corrected chi connectivity index (χ0v) is 12.5. The summed E-state index contributed by atoms with van der Waals surface area (Å²) in [6.07, 6.45) is 6.40. The topological polar surface area (TPSA) is 3.24 Å². The van der Waals surface area contributed by atoms with Crippen molar-refractivity contribution < 1.29 is 0 Å². The molecule has 1 aromatic rings. The number of nitrogens with zero attached hydrogens (tertiary/aromatic N) is 1. The third-order valence-corrected chi connectivity index (χ3v) is 4.34. The van der Waals surface area contributed by atoms with Gasteiger partial charge in [0.2, 0.25) is 0 Å². The van der Waals surface area contributed by atoms with E-state index >= 15 is 0 Å². The Morgan fingerprint density at radius 3 is 2.83 bits per heavy atom. The second-order valence-corrected chi connectivity index (χ2v) is 5.73. The third-order valence-electron chi connectivity index (χ3n) is 3.72. The third kappa shape index (κ3) is 3.13. The minimum absolute atomic E-state index is 0.526. The molecule has 1 aromatic carbocycles. The summed E-state index contributed by atoms with van der Waals surface area (Å²) < 4.78 is 0. The first kappa shape index (κ1) is 14.0. The van der Waals surface area contributed by atoms with Crippen molar-refractivity contribution in [3.8, 4) is 0 Å². The molecule has 100 valence electrons. The predicted molar refractivity (Wildman–Crippen MR) is 80.9 cm³/mol. The second-order valence-electron chi connectivity index (χ2n) is 5.05. The molecule has 0 aromatic heterocycles. The largest absolute Gasteiger partial charge is 0.367 e. The van der Waals surface area contributed by atoms with Crippen LogP contribution in [0, 0.1) is 0 Å². The van der Waals surface area contributed by atoms with E-state index in [0.717, 1.165) is 17.1 Å². The minimum Gasteiger partial charge on any atom is -0.367 e. The molecule has 0 saturated carbocycles. The van der Waals surface area contributed by atoms with Gasteiger partial charge in [0.15, 0.2) is 0 Å². The molecule has 1 aliphatic heterocycles. The average molecular weight is 286 g/mol. The first-order valence-corrected chi connectivity index (χ1v) is 7.78. The molecular weight excluding hydrogens is 265 g/mol. The Hall–Kier alpha value is -0.400. The molecule has 1 nitrogen and oxygen atoms in total. The molecule has 1 atom stereocenters. The van der Waals surface area contributed by atoms with Crippen LogP contribution in [-0.4, -0.2) is 12.6 Å². The molecule has 0 N–H and O–H groups in total. The summed E-state index contributed by atoms with van der Waals surface area (Å²) in [5.41, 5.74) is 2.28. The molecule has 1 unspecified atom stereocenters. The SMILES string of the molecule is CCCC1CCCCN1c1ccc(CCl)cc1Cl. The Morgan fingerprint density at radius 1 is 1.33 bits per heavy atom. The van der Waals surface area contributed by atoms with Crippen LogP contribution in [0.25, 0.3) is 0 Å². The Balaban J connectivity index is 2.22. The molecule has 0 bridgehead atoms. The van der Waals surface area contributed by atoms with Crippen molar-refractivity contribution in [3.05, 3.63) is 28.8 Å². The van der Waals surface area contributed by atoms with Gasteiger partial charge < -0.3 is 4.90 Å². The maximum absolute atomic E-state index is 6.41. The zero-order valence-electron chi connectivity index (χ0n) is 11.0. The molecule has 1 saturated heterocycles. The number of piperidine rings is 1. The maximum Gasteiger partial charge on any atom is 0.0642 e. The molecule has 0 amide bonds. The quantitative estimate of drug-likeness (QED) is 0.684. The fourth-order valence-corrected chi connectivity index (χ4v) is 3.30. The van der Waals surface area contributed by atoms with Crippen LogP contribution in [-0.2, 0) is 5.88 Å². The van der Waals surface area contributed by atoms with Crippen molar-refractivity contribution in [2.24, 2.45) is 0 Å². The summed E-state index contributed by atoms with van der Waals surface area (Å²) >= 11 is 12.2. The number of halogens is 2. The van der Waals surface area contributed by atoms with E-state index in [2.05, 4.69) is 24.0 Å². The lowest BCUT2D eigenvalue weighted by Crippen LogP contribution is -2.39. The molecule has 3 heteroatoms. The van der Waals surface area contributed by atoms with E-state index in [4.69, 9.17) is 23.2 Å². The van der Waals surface area contributed by atoms with E-state index in [1.807, 2.05) is 6.07 Å². The highest BCUT2D eigenvalue weighted by Crippen LogP contribution is 2.33. The second kappa shape index (κ2) is 6.68. The summed E-state index contributed by atoms with van der Waals surface area (Å²) in [7, 11) is 0. The Morgan fingerprint density at radius 2 is 2.17 bits per heavy atom. The Labute approximate surface area is 120 Å². The van der Waals surface area contributed by atoms with Crippen LogP contribution in [0.3, 0.4) is 0 Å². The molecule has 1 aliphatic rings. The smallest absolute Gasteiger partial charge is 0.0642 e. The van der Waals surface area contributed by atoms with E-state index in [-0.39, 0.29) is 0 Å². The van der Waals surface area contributed by atoms with Gasteiger partial charge in [-0.25, -0.2) is 0 Å². The van der Waals surface area contributed by atoms with Gasteiger partial charge in [0.25, 0.3) is 0 Å². The first-order chi connectivity index (χ1) is 8.76. The summed E-state index contributed by atoms with van der Waals surface area (Å²) in [5, 5.41) is 0.844. The molecule has 18 heavy (non-hydrogen) atoms. The van der Waals surface area contributed by atoms with Crippen LogP contribution in [0.5, 0.6) is 0 Å². The van der Waals surface area contributed by atoms with Gasteiger partial charge in [0, 0.05) is 18.5 Å². The Kier molecular flexibility index (Phi) is 5.20. The first-order valence-electron chi connectivity index (χ1n) is 6.87. The van der Waals surface area contributed by atoms with Crippen molar-refractivity contribution in [2.45, 2.75) is 50.9 Å². The predicted octanol–water partition coefficient (Wildman–Crippen LogP) is 5.24. The number of hydrogen-bond donors (Lipinski definition) is 0. The molecule has 0 spiro atoms. The van der Waals surface area contributed by atoms with E-state index in [1.54, 1.807) is 0 Å². The average Bonchev–Trinajstić information content (AvgIpc) is 2.40. The monoisotopic (exact) mass is 285 g/mol. The van der Waals surface area contributed by atoms with Crippen molar-refractivity contribution >= 4 is 28.9 Å². The Bertz CT molecular complexity index is 390. The van der Waals surface area contributed by atoms with Crippen molar-refractivity contribution in [2.75, 3.05) is 11.4 Å². The molecule has 2 rings (SSSR count). The van der Waals surface area contributed by atoms with E-state index in [0.29, 0.717) is 11.9 Å². The van der Waals surface area contributed by atoms with Crippen molar-refractivity contribution in [3.63, 3.8) is 0 Å². The molecule has 1 heterocycles. The molecule has 0 aliphatic carbocycles. The maximum atomic E-state index is 6.41.